The van der Waals surface area contributed by atoms with Gasteiger partial charge >= 0.3 is 18.1 Å². The molecule has 0 unspecified atom stereocenters. The van der Waals surface area contributed by atoms with Crippen LogP contribution in [0.5, 0.6) is 0 Å². The van der Waals surface area contributed by atoms with Gasteiger partial charge in [0, 0.05) is 39.9 Å². The molecule has 5 N–H and O–H groups in total. The number of hydrogen-bond donors (Lipinski definition) is 4. The Bertz CT molecular complexity index is 1480. The number of hydrogen-bond acceptors (Lipinski definition) is 8. The predicted molar refractivity (Wildman–Crippen MR) is 159 cm³/mol. The predicted octanol–water partition coefficient (Wildman–Crippen LogP) is 3.46. The minimum atomic E-state index is -4.57. The lowest BCUT2D eigenvalue weighted by Gasteiger charge is -2.49. The number of carbonyl (C=O) groups is 4. The number of carbonyl (C=O) groups excluding carboxylic acids is 2. The number of benzene rings is 1. The van der Waals surface area contributed by atoms with Crippen LogP contribution in [0.15, 0.2) is 63.8 Å². The van der Waals surface area contributed by atoms with E-state index in [-0.39, 0.29) is 21.4 Å². The van der Waals surface area contributed by atoms with Gasteiger partial charge in [-0.15, -0.1) is 35.3 Å². The van der Waals surface area contributed by atoms with Gasteiger partial charge in [0.2, 0.25) is 5.91 Å². The van der Waals surface area contributed by atoms with Crippen LogP contribution in [0.4, 0.5) is 13.2 Å². The van der Waals surface area contributed by atoms with Crippen molar-refractivity contribution in [3.8, 4) is 0 Å². The number of thioether (sulfide) groups is 3. The Morgan fingerprint density at radius 3 is 2.52 bits per heavy atom. The van der Waals surface area contributed by atoms with Crippen LogP contribution in [0.3, 0.4) is 0 Å². The summed E-state index contributed by atoms with van der Waals surface area (Å²) >= 11 is 9.50. The number of β-lactam (4-membered cyclic amide) rings is 1. The fraction of sp³-hybridized carbons (Fsp3) is 0.370. The fourth-order valence-corrected chi connectivity index (χ4v) is 7.86. The van der Waals surface area contributed by atoms with Crippen molar-refractivity contribution in [2.24, 2.45) is 5.73 Å². The molecular weight excluding hydrogens is 665 g/mol. The molecule has 0 radical (unpaired) electrons. The summed E-state index contributed by atoms with van der Waals surface area (Å²) in [5, 5.41) is 20.8. The number of nitrogens with two attached hydrogens (primary N) is 1. The smallest absolute Gasteiger partial charge is 0.416 e. The van der Waals surface area contributed by atoms with Gasteiger partial charge in [-0.1, -0.05) is 11.6 Å². The molecule has 44 heavy (non-hydrogen) atoms. The van der Waals surface area contributed by atoms with Crippen molar-refractivity contribution in [2.45, 2.75) is 52.8 Å². The molecule has 3 heterocycles. The molecule has 1 fully saturated rings. The molecule has 0 saturated carbocycles. The third-order valence-electron chi connectivity index (χ3n) is 6.71. The van der Waals surface area contributed by atoms with Crippen LogP contribution in [0.2, 0.25) is 5.02 Å². The monoisotopic (exact) mass is 691 g/mol. The second-order valence-corrected chi connectivity index (χ2v) is 13.4. The summed E-state index contributed by atoms with van der Waals surface area (Å²) in [6.45, 7) is 0.588. The molecule has 2 aromatic rings. The molecule has 3 atom stereocenters. The number of halogens is 4. The Morgan fingerprint density at radius 2 is 1.89 bits per heavy atom. The van der Waals surface area contributed by atoms with Gasteiger partial charge in [-0.3, -0.25) is 19.3 Å². The minimum absolute atomic E-state index is 0.0547. The van der Waals surface area contributed by atoms with E-state index in [1.165, 1.54) is 23.5 Å². The molecular formula is C27H27ClF3N4O6S3+. The van der Waals surface area contributed by atoms with Crippen LogP contribution in [0.25, 0.3) is 0 Å². The molecule has 1 saturated heterocycles. The van der Waals surface area contributed by atoms with Gasteiger partial charge in [0.25, 0.3) is 5.91 Å². The van der Waals surface area contributed by atoms with Crippen LogP contribution in [0, 0.1) is 0 Å². The van der Waals surface area contributed by atoms with E-state index in [2.05, 4.69) is 5.32 Å². The van der Waals surface area contributed by atoms with Crippen LogP contribution in [-0.2, 0) is 31.9 Å². The summed E-state index contributed by atoms with van der Waals surface area (Å²) in [4.78, 5) is 50.6. The maximum Gasteiger partial charge on any atom is 0.416 e. The maximum atomic E-state index is 13.0. The molecule has 2 aliphatic heterocycles. The van der Waals surface area contributed by atoms with Gasteiger partial charge in [-0.2, -0.15) is 13.2 Å². The standard InChI is InChI=1S/C27H26ClF3N4O6S3/c28-17-4-3-15(27(29,30)31)10-19(17)43-13-20(36)33-21-23(37)35-22(26(40)41)14(12-44-24(21)35)11-42-16-5-8-34(9-6-16)7-1-2-18(32)25(38)39/h3-6,8-10,18,21,24H,1-2,7,11-13,32H2,(H2-,33,36,38,39,40,41)/p+1/t18-,21+,24+/m0/s1. The molecule has 4 rings (SSSR count). The van der Waals surface area contributed by atoms with E-state index in [4.69, 9.17) is 22.4 Å². The summed E-state index contributed by atoms with van der Waals surface area (Å²) in [5.41, 5.74) is 5.05. The largest absolute Gasteiger partial charge is 0.480 e. The van der Waals surface area contributed by atoms with Gasteiger partial charge < -0.3 is 21.3 Å². The highest BCUT2D eigenvalue weighted by atomic mass is 35.5. The van der Waals surface area contributed by atoms with Gasteiger partial charge in [0.05, 0.1) is 16.3 Å². The summed E-state index contributed by atoms with van der Waals surface area (Å²) in [6.07, 6.45) is 0.0272. The van der Waals surface area contributed by atoms with Crippen molar-refractivity contribution >= 4 is 70.6 Å². The topological polar surface area (TPSA) is 154 Å². The number of aryl methyl sites for hydroxylation is 1. The van der Waals surface area contributed by atoms with Gasteiger partial charge in [-0.25, -0.2) is 9.36 Å². The zero-order valence-corrected chi connectivity index (χ0v) is 26.0. The molecule has 2 amide bonds. The number of alkyl halides is 3. The fourth-order valence-electron chi connectivity index (χ4n) is 4.42. The summed E-state index contributed by atoms with van der Waals surface area (Å²) in [6, 6.07) is 4.63. The second-order valence-electron chi connectivity index (χ2n) is 9.79. The van der Waals surface area contributed by atoms with Crippen LogP contribution in [-0.4, -0.2) is 73.6 Å². The Balaban J connectivity index is 1.32. The van der Waals surface area contributed by atoms with E-state index in [0.29, 0.717) is 36.5 Å². The van der Waals surface area contributed by atoms with E-state index >= 15 is 0 Å². The number of carboxylic acids is 2. The Labute approximate surface area is 267 Å². The quantitative estimate of drug-likeness (QED) is 0.140. The zero-order valence-electron chi connectivity index (χ0n) is 22.8. The lowest BCUT2D eigenvalue weighted by atomic mass is 10.0. The summed E-state index contributed by atoms with van der Waals surface area (Å²) < 4.78 is 41.0. The molecule has 236 valence electrons. The lowest BCUT2D eigenvalue weighted by molar-refractivity contribution is -0.697. The average Bonchev–Trinajstić information content (AvgIpc) is 2.97. The van der Waals surface area contributed by atoms with E-state index in [9.17, 15) is 37.5 Å². The highest BCUT2D eigenvalue weighted by molar-refractivity contribution is 8.01. The number of nitrogens with one attached hydrogen (secondary N) is 1. The Hall–Kier alpha value is -2.92. The van der Waals surface area contributed by atoms with Crippen molar-refractivity contribution in [3.63, 3.8) is 0 Å². The summed E-state index contributed by atoms with van der Waals surface area (Å²) in [7, 11) is 0. The van der Waals surface area contributed by atoms with Crippen LogP contribution >= 0.6 is 46.9 Å². The molecule has 2 aliphatic rings. The van der Waals surface area contributed by atoms with Gasteiger partial charge in [0.1, 0.15) is 29.7 Å². The second kappa shape index (κ2) is 14.5. The number of amides is 2. The molecule has 17 heteroatoms. The van der Waals surface area contributed by atoms with Gasteiger partial charge in [0.15, 0.2) is 12.4 Å². The number of pyridine rings is 1. The van der Waals surface area contributed by atoms with Gasteiger partial charge in [-0.05, 0) is 30.2 Å². The highest BCUT2D eigenvalue weighted by Crippen LogP contribution is 2.42. The van der Waals surface area contributed by atoms with Crippen molar-refractivity contribution in [1.82, 2.24) is 10.2 Å². The first-order valence-corrected chi connectivity index (χ1v) is 16.4. The average molecular weight is 692 g/mol. The maximum absolute atomic E-state index is 13.0. The Morgan fingerprint density at radius 1 is 1.18 bits per heavy atom. The first-order chi connectivity index (χ1) is 20.8. The van der Waals surface area contributed by atoms with E-state index < -0.39 is 53.0 Å². The van der Waals surface area contributed by atoms with Crippen molar-refractivity contribution in [3.05, 3.63) is 64.6 Å². The van der Waals surface area contributed by atoms with Crippen molar-refractivity contribution in [2.75, 3.05) is 17.3 Å². The first kappa shape index (κ1) is 34.0. The minimum Gasteiger partial charge on any atom is -0.480 e. The molecule has 1 aromatic carbocycles. The lowest BCUT2D eigenvalue weighted by Crippen LogP contribution is -2.70. The third-order valence-corrected chi connectivity index (χ3v) is 10.6. The molecule has 0 spiro atoms. The number of nitrogens with zero attached hydrogens (tertiary/aromatic N) is 2. The molecule has 1 aromatic heterocycles. The SMILES string of the molecule is N[C@@H](CCC[n+]1ccc(SCC2=C(C(=O)O)N3C(=O)[C@@H](NC(=O)CSc4cc(C(F)(F)F)ccc4Cl)[C@H]3SC2)cc1)C(=O)O. The molecule has 0 aliphatic carbocycles. The molecule has 10 nitrogen and oxygen atoms in total. The molecule has 0 bridgehead atoms. The summed E-state index contributed by atoms with van der Waals surface area (Å²) in [5.74, 6) is -3.14. The normalized spacial score (nSPS) is 18.8. The van der Waals surface area contributed by atoms with Crippen molar-refractivity contribution < 1.29 is 47.1 Å². The first-order valence-electron chi connectivity index (χ1n) is 13.1. The zero-order chi connectivity index (χ0) is 32.2. The van der Waals surface area contributed by atoms with Crippen LogP contribution in [0.1, 0.15) is 18.4 Å². The Kier molecular flexibility index (Phi) is 11.2. The number of carboxylic acid groups (broad SMARTS) is 2. The van der Waals surface area contributed by atoms with E-state index in [0.717, 1.165) is 39.8 Å². The van der Waals surface area contributed by atoms with Crippen molar-refractivity contribution in [1.29, 1.82) is 0 Å². The number of rotatable bonds is 13. The highest BCUT2D eigenvalue weighted by Gasteiger charge is 2.54. The third kappa shape index (κ3) is 8.21. The van der Waals surface area contributed by atoms with E-state index in [1.54, 1.807) is 0 Å². The number of fused-ring (bicyclic) bond motifs is 1. The van der Waals surface area contributed by atoms with Crippen LogP contribution < -0.4 is 15.6 Å². The number of aliphatic carboxylic acids is 2. The number of aromatic nitrogens is 1. The van der Waals surface area contributed by atoms with E-state index in [1.807, 2.05) is 29.1 Å².